The van der Waals surface area contributed by atoms with Crippen molar-refractivity contribution in [1.29, 1.82) is 0 Å². The Labute approximate surface area is 187 Å². The average molecular weight is 484 g/mol. The molecule has 178 valence electrons. The highest BCUT2D eigenvalue weighted by molar-refractivity contribution is 5.71. The largest absolute Gasteiger partial charge is 0.457 e. The van der Waals surface area contributed by atoms with Crippen LogP contribution in [0.4, 0.5) is 37.7 Å². The van der Waals surface area contributed by atoms with E-state index in [0.717, 1.165) is 30.3 Å². The van der Waals surface area contributed by atoms with Gasteiger partial charge in [0.15, 0.2) is 0 Å². The first kappa shape index (κ1) is 24.6. The van der Waals surface area contributed by atoms with Gasteiger partial charge in [-0.05, 0) is 41.5 Å². The molecular formula is C22H14F6N2O4. The van der Waals surface area contributed by atoms with Crippen molar-refractivity contribution in [1.82, 2.24) is 0 Å². The Hall–Kier alpha value is -4.09. The van der Waals surface area contributed by atoms with E-state index in [1.807, 2.05) is 0 Å². The number of anilines is 1. The van der Waals surface area contributed by atoms with Gasteiger partial charge in [-0.25, -0.2) is 0 Å². The van der Waals surface area contributed by atoms with E-state index in [0.29, 0.717) is 24.3 Å². The van der Waals surface area contributed by atoms with Gasteiger partial charge < -0.3 is 10.1 Å². The second-order valence-electron chi connectivity index (χ2n) is 6.97. The number of carbonyl (C=O) groups excluding carboxylic acids is 1. The van der Waals surface area contributed by atoms with Gasteiger partial charge in [0.2, 0.25) is 11.8 Å². The molecule has 0 unspecified atom stereocenters. The normalized spacial score (nSPS) is 12.2. The van der Waals surface area contributed by atoms with Crippen molar-refractivity contribution in [2.75, 3.05) is 5.32 Å². The SMILES string of the molecule is O=CNc1ccc(C(c2ccc(Oc3cccc([N+](=O)[O-])c3)cc2)(C(F)(F)F)C(F)(F)F)cc1. The lowest BCUT2D eigenvalue weighted by atomic mass is 9.73. The van der Waals surface area contributed by atoms with Crippen LogP contribution in [0.5, 0.6) is 11.5 Å². The van der Waals surface area contributed by atoms with Crippen LogP contribution < -0.4 is 10.1 Å². The number of benzene rings is 3. The summed E-state index contributed by atoms with van der Waals surface area (Å²) in [6.07, 6.45) is -11.3. The Morgan fingerprint density at radius 1 is 0.794 bits per heavy atom. The first-order valence-corrected chi connectivity index (χ1v) is 9.37. The number of nitro benzene ring substituents is 1. The molecule has 0 saturated carbocycles. The third kappa shape index (κ3) is 4.51. The number of halogens is 6. The Bertz CT molecular complexity index is 1160. The summed E-state index contributed by atoms with van der Waals surface area (Å²) in [7, 11) is 0. The first-order valence-electron chi connectivity index (χ1n) is 9.37. The van der Waals surface area contributed by atoms with E-state index in [1.54, 1.807) is 0 Å². The molecule has 0 aromatic heterocycles. The maximum absolute atomic E-state index is 14.2. The number of hydrogen-bond donors (Lipinski definition) is 1. The third-order valence-corrected chi connectivity index (χ3v) is 4.95. The molecule has 0 aliphatic heterocycles. The number of nitrogens with one attached hydrogen (secondary N) is 1. The van der Waals surface area contributed by atoms with Crippen molar-refractivity contribution in [2.45, 2.75) is 17.8 Å². The summed E-state index contributed by atoms with van der Waals surface area (Å²) < 4.78 is 90.4. The van der Waals surface area contributed by atoms with Gasteiger partial charge in [0.05, 0.1) is 11.0 Å². The van der Waals surface area contributed by atoms with Crippen LogP contribution in [-0.2, 0) is 10.2 Å². The maximum atomic E-state index is 14.2. The van der Waals surface area contributed by atoms with Gasteiger partial charge in [-0.3, -0.25) is 14.9 Å². The zero-order chi connectivity index (χ0) is 25.1. The standard InChI is InChI=1S/C22H14F6N2O4/c23-21(24,25)20(22(26,27)28,14-4-8-16(9-5-14)29-13-31)15-6-10-18(11-7-15)34-19-3-1-2-17(12-19)30(32)33/h1-13H,(H,29,31). The fourth-order valence-corrected chi connectivity index (χ4v) is 3.44. The molecule has 3 rings (SSSR count). The summed E-state index contributed by atoms with van der Waals surface area (Å²) in [4.78, 5) is 20.7. The molecule has 0 fully saturated rings. The zero-order valence-electron chi connectivity index (χ0n) is 16.9. The summed E-state index contributed by atoms with van der Waals surface area (Å²) in [5.74, 6) is -0.161. The van der Waals surface area contributed by atoms with Crippen LogP contribution in [0.3, 0.4) is 0 Å². The number of ether oxygens (including phenoxy) is 1. The Kier molecular flexibility index (Phi) is 6.53. The van der Waals surface area contributed by atoms with Crippen LogP contribution in [0.1, 0.15) is 11.1 Å². The van der Waals surface area contributed by atoms with Crippen molar-refractivity contribution in [3.05, 3.63) is 94.0 Å². The fraction of sp³-hybridized carbons (Fsp3) is 0.136. The lowest BCUT2D eigenvalue weighted by Crippen LogP contribution is -2.54. The van der Waals surface area contributed by atoms with E-state index in [4.69, 9.17) is 4.74 Å². The molecule has 0 atom stereocenters. The van der Waals surface area contributed by atoms with Crippen LogP contribution in [0, 0.1) is 10.1 Å². The molecule has 3 aromatic rings. The highest BCUT2D eigenvalue weighted by atomic mass is 19.4. The minimum Gasteiger partial charge on any atom is -0.457 e. The molecule has 0 aliphatic carbocycles. The molecule has 34 heavy (non-hydrogen) atoms. The van der Waals surface area contributed by atoms with Crippen molar-refractivity contribution in [3.63, 3.8) is 0 Å². The third-order valence-electron chi connectivity index (χ3n) is 4.95. The van der Waals surface area contributed by atoms with Gasteiger partial charge in [-0.2, -0.15) is 26.3 Å². The topological polar surface area (TPSA) is 81.5 Å². The quantitative estimate of drug-likeness (QED) is 0.183. The molecule has 6 nitrogen and oxygen atoms in total. The number of nitrogens with zero attached hydrogens (tertiary/aromatic N) is 1. The molecule has 0 heterocycles. The summed E-state index contributed by atoms with van der Waals surface area (Å²) in [6.45, 7) is 0. The molecule has 0 spiro atoms. The Morgan fingerprint density at radius 3 is 1.79 bits per heavy atom. The lowest BCUT2D eigenvalue weighted by Gasteiger charge is -2.38. The molecule has 3 aromatic carbocycles. The molecular weight excluding hydrogens is 470 g/mol. The molecule has 0 bridgehead atoms. The predicted octanol–water partition coefficient (Wildman–Crippen LogP) is 6.37. The highest BCUT2D eigenvalue weighted by Crippen LogP contribution is 2.56. The minimum absolute atomic E-state index is 0.0118. The number of hydrogen-bond acceptors (Lipinski definition) is 4. The predicted molar refractivity (Wildman–Crippen MR) is 109 cm³/mol. The van der Waals surface area contributed by atoms with Crippen LogP contribution in [-0.4, -0.2) is 23.7 Å². The molecule has 1 amide bonds. The molecule has 0 aliphatic rings. The van der Waals surface area contributed by atoms with Gasteiger partial charge in [-0.1, -0.05) is 30.3 Å². The van der Waals surface area contributed by atoms with E-state index in [-0.39, 0.29) is 29.3 Å². The maximum Gasteiger partial charge on any atom is 0.411 e. The zero-order valence-corrected chi connectivity index (χ0v) is 16.9. The number of alkyl halides is 6. The monoisotopic (exact) mass is 484 g/mol. The van der Waals surface area contributed by atoms with Crippen molar-refractivity contribution < 1.29 is 40.8 Å². The number of non-ortho nitro benzene ring substituents is 1. The summed E-state index contributed by atoms with van der Waals surface area (Å²) in [6, 6.07) is 11.1. The second-order valence-corrected chi connectivity index (χ2v) is 6.97. The van der Waals surface area contributed by atoms with Gasteiger partial charge in [-0.15, -0.1) is 0 Å². The van der Waals surface area contributed by atoms with Gasteiger partial charge in [0.1, 0.15) is 11.5 Å². The van der Waals surface area contributed by atoms with Crippen LogP contribution in [0.15, 0.2) is 72.8 Å². The Morgan fingerprint density at radius 2 is 1.32 bits per heavy atom. The van der Waals surface area contributed by atoms with Gasteiger partial charge in [0, 0.05) is 11.8 Å². The lowest BCUT2D eigenvalue weighted by molar-refractivity contribution is -0.384. The highest BCUT2D eigenvalue weighted by Gasteiger charge is 2.72. The summed E-state index contributed by atoms with van der Waals surface area (Å²) in [5.41, 5.74) is -6.89. The first-order chi connectivity index (χ1) is 15.9. The van der Waals surface area contributed by atoms with E-state index < -0.39 is 33.8 Å². The van der Waals surface area contributed by atoms with Gasteiger partial charge in [0.25, 0.3) is 5.69 Å². The Balaban J connectivity index is 2.07. The van der Waals surface area contributed by atoms with Gasteiger partial charge >= 0.3 is 12.4 Å². The van der Waals surface area contributed by atoms with E-state index in [2.05, 4.69) is 5.32 Å². The van der Waals surface area contributed by atoms with Crippen molar-refractivity contribution >= 4 is 17.8 Å². The van der Waals surface area contributed by atoms with E-state index in [9.17, 15) is 41.3 Å². The molecule has 0 saturated heterocycles. The fourth-order valence-electron chi connectivity index (χ4n) is 3.44. The smallest absolute Gasteiger partial charge is 0.411 e. The second kappa shape index (κ2) is 9.04. The number of amides is 1. The van der Waals surface area contributed by atoms with Crippen LogP contribution in [0.25, 0.3) is 0 Å². The van der Waals surface area contributed by atoms with Crippen LogP contribution >= 0.6 is 0 Å². The summed E-state index contributed by atoms with van der Waals surface area (Å²) >= 11 is 0. The average Bonchev–Trinajstić information content (AvgIpc) is 2.75. The van der Waals surface area contributed by atoms with Crippen molar-refractivity contribution in [2.24, 2.45) is 0 Å². The molecule has 0 radical (unpaired) electrons. The molecule has 12 heteroatoms. The van der Waals surface area contributed by atoms with Crippen LogP contribution in [0.2, 0.25) is 0 Å². The van der Waals surface area contributed by atoms with E-state index >= 15 is 0 Å². The molecule has 1 N–H and O–H groups in total. The summed E-state index contributed by atoms with van der Waals surface area (Å²) in [5, 5.41) is 13.0. The number of rotatable bonds is 7. The number of carbonyl (C=O) groups is 1. The minimum atomic E-state index is -5.78. The number of nitro groups is 1. The van der Waals surface area contributed by atoms with E-state index in [1.165, 1.54) is 18.2 Å². The van der Waals surface area contributed by atoms with Crippen molar-refractivity contribution in [3.8, 4) is 11.5 Å².